The predicted molar refractivity (Wildman–Crippen MR) is 64.5 cm³/mol. The Balaban J connectivity index is 2.66. The standard InChI is InChI=1S/C12H20N2O3/c1-8(13)10(9-6-5-7-16-9)14-11(15)17-12(2,3)4/h5-8,10H,13H2,1-4H3,(H,14,15). The fourth-order valence-corrected chi connectivity index (χ4v) is 1.36. The molecule has 0 aliphatic carbocycles. The van der Waals surface area contributed by atoms with Gasteiger partial charge in [-0.2, -0.15) is 0 Å². The van der Waals surface area contributed by atoms with Gasteiger partial charge in [0.2, 0.25) is 0 Å². The molecule has 1 aromatic rings. The first-order valence-electron chi connectivity index (χ1n) is 5.58. The van der Waals surface area contributed by atoms with Crippen LogP contribution in [0.4, 0.5) is 4.79 Å². The lowest BCUT2D eigenvalue weighted by atomic mass is 10.1. The van der Waals surface area contributed by atoms with Gasteiger partial charge in [-0.3, -0.25) is 0 Å². The van der Waals surface area contributed by atoms with Gasteiger partial charge in [0, 0.05) is 6.04 Å². The van der Waals surface area contributed by atoms with E-state index in [0.29, 0.717) is 5.76 Å². The van der Waals surface area contributed by atoms with E-state index in [1.54, 1.807) is 46.1 Å². The number of nitrogens with two attached hydrogens (primary N) is 1. The van der Waals surface area contributed by atoms with Crippen LogP contribution in [-0.4, -0.2) is 17.7 Å². The maximum Gasteiger partial charge on any atom is 0.408 e. The van der Waals surface area contributed by atoms with E-state index < -0.39 is 11.7 Å². The molecule has 17 heavy (non-hydrogen) atoms. The number of rotatable bonds is 3. The molecule has 2 unspecified atom stereocenters. The molecule has 0 bridgehead atoms. The lowest BCUT2D eigenvalue weighted by Gasteiger charge is -2.24. The van der Waals surface area contributed by atoms with Gasteiger partial charge in [0.05, 0.1) is 6.26 Å². The topological polar surface area (TPSA) is 77.5 Å². The normalized spacial score (nSPS) is 15.1. The molecule has 0 aliphatic rings. The third-order valence-corrected chi connectivity index (χ3v) is 2.05. The van der Waals surface area contributed by atoms with Crippen LogP contribution in [0.15, 0.2) is 22.8 Å². The molecule has 0 aromatic carbocycles. The van der Waals surface area contributed by atoms with Crippen LogP contribution in [0.3, 0.4) is 0 Å². The van der Waals surface area contributed by atoms with Gasteiger partial charge < -0.3 is 20.2 Å². The van der Waals surface area contributed by atoms with Crippen LogP contribution in [0.1, 0.15) is 39.5 Å². The van der Waals surface area contributed by atoms with E-state index >= 15 is 0 Å². The molecule has 1 amide bonds. The van der Waals surface area contributed by atoms with Crippen molar-refractivity contribution in [3.63, 3.8) is 0 Å². The SMILES string of the molecule is CC(N)C(NC(=O)OC(C)(C)C)c1ccco1. The van der Waals surface area contributed by atoms with Crippen molar-refractivity contribution in [3.8, 4) is 0 Å². The van der Waals surface area contributed by atoms with Crippen molar-refractivity contribution in [3.05, 3.63) is 24.2 Å². The fraction of sp³-hybridized carbons (Fsp3) is 0.583. The molecule has 2 atom stereocenters. The maximum absolute atomic E-state index is 11.6. The Bertz CT molecular complexity index is 352. The molecular weight excluding hydrogens is 220 g/mol. The summed E-state index contributed by atoms with van der Waals surface area (Å²) in [6, 6.07) is 2.86. The molecule has 5 nitrogen and oxygen atoms in total. The minimum atomic E-state index is -0.532. The van der Waals surface area contributed by atoms with E-state index in [-0.39, 0.29) is 12.1 Å². The summed E-state index contributed by atoms with van der Waals surface area (Å²) in [4.78, 5) is 11.6. The predicted octanol–water partition coefficient (Wildman–Crippen LogP) is 2.19. The molecule has 1 rings (SSSR count). The summed E-state index contributed by atoms with van der Waals surface area (Å²) in [5, 5.41) is 2.70. The zero-order valence-corrected chi connectivity index (χ0v) is 10.7. The first-order valence-corrected chi connectivity index (χ1v) is 5.58. The van der Waals surface area contributed by atoms with E-state index in [2.05, 4.69) is 5.32 Å². The lowest BCUT2D eigenvalue weighted by molar-refractivity contribution is 0.0490. The number of carbonyl (C=O) groups is 1. The van der Waals surface area contributed by atoms with E-state index in [9.17, 15) is 4.79 Å². The molecule has 3 N–H and O–H groups in total. The highest BCUT2D eigenvalue weighted by Crippen LogP contribution is 2.17. The number of furan rings is 1. The summed E-state index contributed by atoms with van der Waals surface area (Å²) in [7, 11) is 0. The molecule has 0 saturated carbocycles. The molecule has 96 valence electrons. The third kappa shape index (κ3) is 4.48. The number of amides is 1. The average Bonchev–Trinajstić information content (AvgIpc) is 2.63. The Hall–Kier alpha value is -1.49. The molecule has 0 radical (unpaired) electrons. The second kappa shape index (κ2) is 5.23. The summed E-state index contributed by atoms with van der Waals surface area (Å²) in [6.45, 7) is 7.21. The van der Waals surface area contributed by atoms with E-state index in [1.807, 2.05) is 0 Å². The van der Waals surface area contributed by atoms with Gasteiger partial charge in [-0.25, -0.2) is 4.79 Å². The van der Waals surface area contributed by atoms with E-state index in [1.165, 1.54) is 0 Å². The van der Waals surface area contributed by atoms with Gasteiger partial charge in [-0.1, -0.05) is 0 Å². The summed E-state index contributed by atoms with van der Waals surface area (Å²) >= 11 is 0. The summed E-state index contributed by atoms with van der Waals surface area (Å²) < 4.78 is 10.4. The van der Waals surface area contributed by atoms with Gasteiger partial charge in [0.25, 0.3) is 0 Å². The molecule has 0 aliphatic heterocycles. The van der Waals surface area contributed by atoms with Crippen LogP contribution >= 0.6 is 0 Å². The van der Waals surface area contributed by atoms with Gasteiger partial charge in [0.15, 0.2) is 0 Å². The highest BCUT2D eigenvalue weighted by molar-refractivity contribution is 5.68. The van der Waals surface area contributed by atoms with Crippen molar-refractivity contribution in [1.82, 2.24) is 5.32 Å². The van der Waals surface area contributed by atoms with Crippen LogP contribution in [0.2, 0.25) is 0 Å². The fourth-order valence-electron chi connectivity index (χ4n) is 1.36. The maximum atomic E-state index is 11.6. The summed E-state index contributed by atoms with van der Waals surface area (Å²) in [6.07, 6.45) is 1.04. The van der Waals surface area contributed by atoms with Crippen molar-refractivity contribution >= 4 is 6.09 Å². The molecule has 1 heterocycles. The van der Waals surface area contributed by atoms with Crippen LogP contribution in [0.25, 0.3) is 0 Å². The van der Waals surface area contributed by atoms with Crippen molar-refractivity contribution in [2.24, 2.45) is 5.73 Å². The minimum Gasteiger partial charge on any atom is -0.467 e. The second-order valence-electron chi connectivity index (χ2n) is 5.00. The zero-order valence-electron chi connectivity index (χ0n) is 10.7. The molecule has 5 heteroatoms. The Morgan fingerprint density at radius 3 is 2.59 bits per heavy atom. The number of alkyl carbamates (subject to hydrolysis) is 1. The Kier molecular flexibility index (Phi) is 4.17. The quantitative estimate of drug-likeness (QED) is 0.849. The molecule has 0 saturated heterocycles. The van der Waals surface area contributed by atoms with Crippen LogP contribution < -0.4 is 11.1 Å². The Labute approximate surface area is 101 Å². The van der Waals surface area contributed by atoms with Crippen molar-refractivity contribution in [2.45, 2.75) is 45.4 Å². The largest absolute Gasteiger partial charge is 0.467 e. The van der Waals surface area contributed by atoms with Gasteiger partial charge >= 0.3 is 6.09 Å². The summed E-state index contributed by atoms with van der Waals surface area (Å²) in [5.41, 5.74) is 5.28. The van der Waals surface area contributed by atoms with E-state index in [0.717, 1.165) is 0 Å². The van der Waals surface area contributed by atoms with Crippen LogP contribution in [-0.2, 0) is 4.74 Å². The molecule has 0 spiro atoms. The van der Waals surface area contributed by atoms with Gasteiger partial charge in [0.1, 0.15) is 17.4 Å². The number of carbonyl (C=O) groups excluding carboxylic acids is 1. The monoisotopic (exact) mass is 240 g/mol. The first kappa shape index (κ1) is 13.6. The van der Waals surface area contributed by atoms with Crippen LogP contribution in [0.5, 0.6) is 0 Å². The molecule has 1 aromatic heterocycles. The smallest absolute Gasteiger partial charge is 0.408 e. The average molecular weight is 240 g/mol. The molecule has 0 fully saturated rings. The number of ether oxygens (including phenoxy) is 1. The highest BCUT2D eigenvalue weighted by atomic mass is 16.6. The number of hydrogen-bond donors (Lipinski definition) is 2. The highest BCUT2D eigenvalue weighted by Gasteiger charge is 2.24. The minimum absolute atomic E-state index is 0.270. The van der Waals surface area contributed by atoms with Gasteiger partial charge in [-0.15, -0.1) is 0 Å². The summed E-state index contributed by atoms with van der Waals surface area (Å²) in [5.74, 6) is 0.617. The van der Waals surface area contributed by atoms with E-state index in [4.69, 9.17) is 14.9 Å². The lowest BCUT2D eigenvalue weighted by Crippen LogP contribution is -2.41. The van der Waals surface area contributed by atoms with Crippen molar-refractivity contribution in [1.29, 1.82) is 0 Å². The van der Waals surface area contributed by atoms with Crippen LogP contribution in [0, 0.1) is 0 Å². The van der Waals surface area contributed by atoms with Crippen molar-refractivity contribution in [2.75, 3.05) is 0 Å². The van der Waals surface area contributed by atoms with Gasteiger partial charge in [-0.05, 0) is 39.8 Å². The number of nitrogens with one attached hydrogen (secondary N) is 1. The second-order valence-corrected chi connectivity index (χ2v) is 5.00. The Morgan fingerprint density at radius 2 is 2.18 bits per heavy atom. The third-order valence-electron chi connectivity index (χ3n) is 2.05. The molecular formula is C12H20N2O3. The Morgan fingerprint density at radius 1 is 1.53 bits per heavy atom. The number of hydrogen-bond acceptors (Lipinski definition) is 4. The van der Waals surface area contributed by atoms with Crippen molar-refractivity contribution < 1.29 is 13.9 Å². The zero-order chi connectivity index (χ0) is 13.1. The first-order chi connectivity index (χ1) is 7.79.